The number of para-hydroxylation sites is 1. The molecular weight excluding hydrogens is 386 g/mol. The van der Waals surface area contributed by atoms with Crippen molar-refractivity contribution in [3.05, 3.63) is 64.2 Å². The summed E-state index contributed by atoms with van der Waals surface area (Å²) in [6.07, 6.45) is 0.206. The van der Waals surface area contributed by atoms with Crippen molar-refractivity contribution in [2.75, 3.05) is 31.0 Å². The molecule has 1 N–H and O–H groups in total. The number of carbonyl (C=O) groups excluding carboxylic acids is 1. The van der Waals surface area contributed by atoms with Crippen LogP contribution in [0.2, 0.25) is 0 Å². The van der Waals surface area contributed by atoms with E-state index in [1.807, 2.05) is 0 Å². The molecule has 2 aromatic carbocycles. The monoisotopic (exact) mass is 405 g/mol. The molecule has 1 amide bonds. The maximum Gasteiger partial charge on any atom is 0.289 e. The molecule has 0 bridgehead atoms. The predicted molar refractivity (Wildman–Crippen MR) is 101 cm³/mol. The van der Waals surface area contributed by atoms with E-state index < -0.39 is 25.5 Å². The number of nitrogens with zero attached hydrogens (tertiary/aromatic N) is 2. The first-order valence-corrected chi connectivity index (χ1v) is 10.1. The number of rotatable bonds is 6. The second-order valence-corrected chi connectivity index (χ2v) is 7.85. The minimum atomic E-state index is -4.12. The van der Waals surface area contributed by atoms with Gasteiger partial charge in [-0.1, -0.05) is 24.3 Å². The maximum absolute atomic E-state index is 12.5. The zero-order valence-electron chi connectivity index (χ0n) is 14.9. The Morgan fingerprint density at radius 2 is 1.75 bits per heavy atom. The van der Waals surface area contributed by atoms with Crippen molar-refractivity contribution in [2.24, 2.45) is 0 Å². The standard InChI is InChI=1S/C18H19N3O6S/c22-18(20-9-11-27-12-10-20)13-14-5-7-15(8-6-14)19-28(25,26)17-4-2-1-3-16(17)21(23)24/h1-8,19H,9-13H2. The number of hydrogen-bond acceptors (Lipinski definition) is 6. The van der Waals surface area contributed by atoms with E-state index >= 15 is 0 Å². The van der Waals surface area contributed by atoms with Crippen molar-refractivity contribution in [2.45, 2.75) is 11.3 Å². The molecule has 148 valence electrons. The summed E-state index contributed by atoms with van der Waals surface area (Å²) < 4.78 is 32.6. The molecule has 1 aliphatic heterocycles. The fourth-order valence-electron chi connectivity index (χ4n) is 2.84. The SMILES string of the molecule is O=C(Cc1ccc(NS(=O)(=O)c2ccccc2[N+](=O)[O-])cc1)N1CCOCC1. The summed E-state index contributed by atoms with van der Waals surface area (Å²) in [5.74, 6) is -0.0171. The normalized spacial score (nSPS) is 14.5. The van der Waals surface area contributed by atoms with Crippen LogP contribution in [-0.4, -0.2) is 50.5 Å². The first kappa shape index (κ1) is 19.8. The second kappa shape index (κ2) is 8.36. The zero-order chi connectivity index (χ0) is 20.1. The Labute approximate surface area is 162 Å². The quantitative estimate of drug-likeness (QED) is 0.578. The summed E-state index contributed by atoms with van der Waals surface area (Å²) in [5, 5.41) is 11.1. The lowest BCUT2D eigenvalue weighted by atomic mass is 10.1. The molecule has 0 atom stereocenters. The van der Waals surface area contributed by atoms with Crippen molar-refractivity contribution >= 4 is 27.3 Å². The van der Waals surface area contributed by atoms with Gasteiger partial charge in [-0.25, -0.2) is 8.42 Å². The molecule has 10 heteroatoms. The van der Waals surface area contributed by atoms with Crippen LogP contribution in [0.1, 0.15) is 5.56 Å². The van der Waals surface area contributed by atoms with Gasteiger partial charge in [0.05, 0.1) is 24.6 Å². The number of carbonyl (C=O) groups is 1. The van der Waals surface area contributed by atoms with Gasteiger partial charge in [0.1, 0.15) is 0 Å². The first-order chi connectivity index (χ1) is 13.4. The number of nitro benzene ring substituents is 1. The Morgan fingerprint density at radius 3 is 2.39 bits per heavy atom. The minimum Gasteiger partial charge on any atom is -0.378 e. The van der Waals surface area contributed by atoms with Crippen LogP contribution in [0.4, 0.5) is 11.4 Å². The molecule has 1 saturated heterocycles. The van der Waals surface area contributed by atoms with Crippen molar-refractivity contribution in [3.8, 4) is 0 Å². The van der Waals surface area contributed by atoms with E-state index in [-0.39, 0.29) is 18.0 Å². The van der Waals surface area contributed by atoms with Crippen LogP contribution >= 0.6 is 0 Å². The van der Waals surface area contributed by atoms with Crippen molar-refractivity contribution in [1.29, 1.82) is 0 Å². The van der Waals surface area contributed by atoms with Gasteiger partial charge in [-0.05, 0) is 23.8 Å². The van der Waals surface area contributed by atoms with Gasteiger partial charge < -0.3 is 9.64 Å². The summed E-state index contributed by atoms with van der Waals surface area (Å²) in [4.78, 5) is 23.9. The summed E-state index contributed by atoms with van der Waals surface area (Å²) in [6, 6.07) is 11.5. The molecule has 0 saturated carbocycles. The highest BCUT2D eigenvalue weighted by molar-refractivity contribution is 7.92. The molecule has 2 aromatic rings. The number of ether oxygens (including phenoxy) is 1. The van der Waals surface area contributed by atoms with Gasteiger partial charge in [0, 0.05) is 24.8 Å². The first-order valence-electron chi connectivity index (χ1n) is 8.57. The average Bonchev–Trinajstić information content (AvgIpc) is 2.70. The zero-order valence-corrected chi connectivity index (χ0v) is 15.7. The average molecular weight is 405 g/mol. The van der Waals surface area contributed by atoms with Gasteiger partial charge in [-0.3, -0.25) is 19.6 Å². The largest absolute Gasteiger partial charge is 0.378 e. The summed E-state index contributed by atoms with van der Waals surface area (Å²) >= 11 is 0. The number of nitro groups is 1. The van der Waals surface area contributed by atoms with E-state index in [2.05, 4.69) is 4.72 Å². The molecule has 9 nitrogen and oxygen atoms in total. The molecule has 3 rings (SSSR count). The second-order valence-electron chi connectivity index (χ2n) is 6.20. The minimum absolute atomic E-state index is 0.0171. The summed E-state index contributed by atoms with van der Waals surface area (Å²) in [6.45, 7) is 2.18. The van der Waals surface area contributed by atoms with Crippen LogP contribution in [0.3, 0.4) is 0 Å². The third kappa shape index (κ3) is 4.65. The lowest BCUT2D eigenvalue weighted by Gasteiger charge is -2.26. The van der Waals surface area contributed by atoms with Crippen LogP contribution in [0.5, 0.6) is 0 Å². The summed E-state index contributed by atoms with van der Waals surface area (Å²) in [7, 11) is -4.12. The number of morpholine rings is 1. The third-order valence-corrected chi connectivity index (χ3v) is 5.71. The van der Waals surface area contributed by atoms with Crippen LogP contribution in [0.15, 0.2) is 53.4 Å². The lowest BCUT2D eigenvalue weighted by molar-refractivity contribution is -0.387. The number of benzene rings is 2. The van der Waals surface area contributed by atoms with Gasteiger partial charge in [0.25, 0.3) is 15.7 Å². The fourth-order valence-corrected chi connectivity index (χ4v) is 4.07. The fraction of sp³-hybridized carbons (Fsp3) is 0.278. The van der Waals surface area contributed by atoms with Crippen LogP contribution in [-0.2, 0) is 26.0 Å². The van der Waals surface area contributed by atoms with Crippen molar-refractivity contribution in [3.63, 3.8) is 0 Å². The maximum atomic E-state index is 12.5. The molecule has 0 spiro atoms. The Hall–Kier alpha value is -2.98. The van der Waals surface area contributed by atoms with E-state index in [1.165, 1.54) is 30.3 Å². The molecule has 0 aliphatic carbocycles. The van der Waals surface area contributed by atoms with E-state index in [4.69, 9.17) is 4.74 Å². The smallest absolute Gasteiger partial charge is 0.289 e. The number of sulfonamides is 1. The Kier molecular flexibility index (Phi) is 5.90. The van der Waals surface area contributed by atoms with Gasteiger partial charge in [0.15, 0.2) is 4.90 Å². The van der Waals surface area contributed by atoms with E-state index in [1.54, 1.807) is 17.0 Å². The van der Waals surface area contributed by atoms with Crippen molar-refractivity contribution in [1.82, 2.24) is 4.90 Å². The van der Waals surface area contributed by atoms with E-state index in [0.717, 1.165) is 11.6 Å². The van der Waals surface area contributed by atoms with Crippen LogP contribution < -0.4 is 4.72 Å². The lowest BCUT2D eigenvalue weighted by Crippen LogP contribution is -2.41. The Morgan fingerprint density at radius 1 is 1.11 bits per heavy atom. The van der Waals surface area contributed by atoms with Crippen molar-refractivity contribution < 1.29 is 22.9 Å². The molecule has 0 unspecified atom stereocenters. The Bertz CT molecular complexity index is 969. The molecule has 1 heterocycles. The molecular formula is C18H19N3O6S. The molecule has 1 aliphatic rings. The van der Waals surface area contributed by atoms with Crippen LogP contribution in [0.25, 0.3) is 0 Å². The molecule has 0 radical (unpaired) electrons. The van der Waals surface area contributed by atoms with Crippen LogP contribution in [0, 0.1) is 10.1 Å². The third-order valence-electron chi connectivity index (χ3n) is 4.28. The number of anilines is 1. The van der Waals surface area contributed by atoms with E-state index in [0.29, 0.717) is 26.3 Å². The molecule has 28 heavy (non-hydrogen) atoms. The molecule has 0 aromatic heterocycles. The highest BCUT2D eigenvalue weighted by atomic mass is 32.2. The van der Waals surface area contributed by atoms with Gasteiger partial charge >= 0.3 is 0 Å². The molecule has 1 fully saturated rings. The number of hydrogen-bond donors (Lipinski definition) is 1. The highest BCUT2D eigenvalue weighted by Gasteiger charge is 2.25. The predicted octanol–water partition coefficient (Wildman–Crippen LogP) is 1.80. The van der Waals surface area contributed by atoms with Gasteiger partial charge in [-0.15, -0.1) is 0 Å². The summed E-state index contributed by atoms with van der Waals surface area (Å²) in [5.41, 5.74) is 0.494. The number of amides is 1. The number of nitrogens with one attached hydrogen (secondary N) is 1. The van der Waals surface area contributed by atoms with Gasteiger partial charge in [-0.2, -0.15) is 0 Å². The topological polar surface area (TPSA) is 119 Å². The van der Waals surface area contributed by atoms with E-state index in [9.17, 15) is 23.3 Å². The Balaban J connectivity index is 1.70. The highest BCUT2D eigenvalue weighted by Crippen LogP contribution is 2.25. The van der Waals surface area contributed by atoms with Gasteiger partial charge in [0.2, 0.25) is 5.91 Å².